The van der Waals surface area contributed by atoms with Crippen LogP contribution in [0.1, 0.15) is 51.0 Å². The fraction of sp³-hybridized carbons (Fsp3) is 0.571. The summed E-state index contributed by atoms with van der Waals surface area (Å²) >= 11 is 3.56. The Balaban J connectivity index is 2.12. The Bertz CT molecular complexity index is 268. The van der Waals surface area contributed by atoms with E-state index in [2.05, 4.69) is 35.0 Å². The van der Waals surface area contributed by atoms with Crippen molar-refractivity contribution in [3.8, 4) is 0 Å². The van der Waals surface area contributed by atoms with Gasteiger partial charge in [0, 0.05) is 4.47 Å². The molecule has 0 saturated carbocycles. The van der Waals surface area contributed by atoms with Gasteiger partial charge >= 0.3 is 0 Å². The van der Waals surface area contributed by atoms with Crippen LogP contribution in [0.15, 0.2) is 22.7 Å². The van der Waals surface area contributed by atoms with Crippen LogP contribution in [0.5, 0.6) is 0 Å². The van der Waals surface area contributed by atoms with Gasteiger partial charge in [-0.3, -0.25) is 0 Å². The van der Waals surface area contributed by atoms with Gasteiger partial charge in [-0.1, -0.05) is 67.1 Å². The molecule has 0 atom stereocenters. The Labute approximate surface area is 102 Å². The molecule has 15 heavy (non-hydrogen) atoms. The number of hydrogen-bond acceptors (Lipinski definition) is 0. The lowest BCUT2D eigenvalue weighted by Crippen LogP contribution is -1.87. The Hall–Kier alpha value is -0.300. The molecule has 0 aromatic heterocycles. The molecule has 0 amide bonds. The summed E-state index contributed by atoms with van der Waals surface area (Å²) in [7, 11) is 0. The van der Waals surface area contributed by atoms with Crippen LogP contribution >= 0.6 is 15.9 Å². The molecule has 0 aliphatic rings. The van der Waals surface area contributed by atoms with Crippen LogP contribution in [-0.2, 0) is 6.42 Å². The molecular formula is C14H20Br. The standard InChI is InChI=1S/C14H20Br/c1-2-3-4-5-6-7-10-13-11-8-9-12-14(13)15/h8-9,12H,2-7,10H2,1H3. The van der Waals surface area contributed by atoms with Crippen molar-refractivity contribution in [3.63, 3.8) is 0 Å². The summed E-state index contributed by atoms with van der Waals surface area (Å²) in [5.74, 6) is 0. The molecule has 1 radical (unpaired) electrons. The highest BCUT2D eigenvalue weighted by atomic mass is 79.9. The van der Waals surface area contributed by atoms with E-state index in [0.29, 0.717) is 0 Å². The van der Waals surface area contributed by atoms with Crippen molar-refractivity contribution in [1.82, 2.24) is 0 Å². The molecule has 0 heterocycles. The first kappa shape index (κ1) is 12.8. The average molecular weight is 268 g/mol. The molecule has 0 nitrogen and oxygen atoms in total. The van der Waals surface area contributed by atoms with Crippen LogP contribution in [0.3, 0.4) is 0 Å². The second kappa shape index (κ2) is 7.92. The number of hydrogen-bond donors (Lipinski definition) is 0. The number of aryl methyl sites for hydroxylation is 1. The molecule has 1 aromatic rings. The number of halogens is 1. The molecular weight excluding hydrogens is 248 g/mol. The lowest BCUT2D eigenvalue weighted by atomic mass is 10.1. The van der Waals surface area contributed by atoms with Crippen molar-refractivity contribution in [2.45, 2.75) is 51.9 Å². The van der Waals surface area contributed by atoms with Crippen molar-refractivity contribution in [1.29, 1.82) is 0 Å². The first-order valence-corrected chi connectivity index (χ1v) is 6.79. The van der Waals surface area contributed by atoms with Crippen LogP contribution < -0.4 is 0 Å². The molecule has 1 rings (SSSR count). The van der Waals surface area contributed by atoms with Crippen molar-refractivity contribution in [3.05, 3.63) is 34.3 Å². The fourth-order valence-corrected chi connectivity index (χ4v) is 2.19. The van der Waals surface area contributed by atoms with E-state index in [9.17, 15) is 0 Å². The molecule has 0 N–H and O–H groups in total. The Morgan fingerprint density at radius 1 is 1.13 bits per heavy atom. The normalized spacial score (nSPS) is 10.5. The summed E-state index contributed by atoms with van der Waals surface area (Å²) in [6.07, 6.45) is 9.32. The minimum absolute atomic E-state index is 1.16. The van der Waals surface area contributed by atoms with Gasteiger partial charge in [-0.05, 0) is 30.5 Å². The lowest BCUT2D eigenvalue weighted by Gasteiger charge is -2.03. The van der Waals surface area contributed by atoms with E-state index in [1.54, 1.807) is 0 Å². The summed E-state index contributed by atoms with van der Waals surface area (Å²) in [5, 5.41) is 0. The van der Waals surface area contributed by atoms with Crippen molar-refractivity contribution < 1.29 is 0 Å². The highest BCUT2D eigenvalue weighted by molar-refractivity contribution is 9.10. The van der Waals surface area contributed by atoms with Gasteiger partial charge in [-0.2, -0.15) is 0 Å². The molecule has 0 aliphatic carbocycles. The van der Waals surface area contributed by atoms with Gasteiger partial charge in [-0.25, -0.2) is 0 Å². The minimum atomic E-state index is 1.16. The summed E-state index contributed by atoms with van der Waals surface area (Å²) in [6, 6.07) is 9.41. The zero-order valence-corrected chi connectivity index (χ0v) is 11.1. The predicted octanol–water partition coefficient (Wildman–Crippen LogP) is 5.15. The molecule has 0 fully saturated rings. The van der Waals surface area contributed by atoms with E-state index in [1.165, 1.54) is 48.6 Å². The molecule has 1 heteroatoms. The lowest BCUT2D eigenvalue weighted by molar-refractivity contribution is 0.607. The first-order valence-electron chi connectivity index (χ1n) is 5.99. The maximum absolute atomic E-state index is 3.56. The van der Waals surface area contributed by atoms with Crippen LogP contribution in [-0.4, -0.2) is 0 Å². The molecule has 1 aromatic carbocycles. The van der Waals surface area contributed by atoms with Gasteiger partial charge in [0.1, 0.15) is 0 Å². The fourth-order valence-electron chi connectivity index (χ4n) is 1.72. The van der Waals surface area contributed by atoms with Crippen molar-refractivity contribution in [2.75, 3.05) is 0 Å². The Kier molecular flexibility index (Phi) is 6.74. The van der Waals surface area contributed by atoms with Gasteiger partial charge in [0.25, 0.3) is 0 Å². The maximum Gasteiger partial charge on any atom is 0.0213 e. The molecule has 0 unspecified atom stereocenters. The summed E-state index contributed by atoms with van der Waals surface area (Å²) < 4.78 is 1.21. The molecule has 0 aliphatic heterocycles. The van der Waals surface area contributed by atoms with Gasteiger partial charge < -0.3 is 0 Å². The maximum atomic E-state index is 3.56. The third-order valence-electron chi connectivity index (χ3n) is 2.66. The number of unbranched alkanes of at least 4 members (excludes halogenated alkanes) is 5. The zero-order valence-electron chi connectivity index (χ0n) is 9.56. The largest absolute Gasteiger partial charge is 0.0654 e. The Morgan fingerprint density at radius 2 is 1.87 bits per heavy atom. The van der Waals surface area contributed by atoms with E-state index < -0.39 is 0 Å². The summed E-state index contributed by atoms with van der Waals surface area (Å²) in [4.78, 5) is 0. The minimum Gasteiger partial charge on any atom is -0.0654 e. The smallest absolute Gasteiger partial charge is 0.0213 e. The Morgan fingerprint density at radius 3 is 2.60 bits per heavy atom. The van der Waals surface area contributed by atoms with Crippen LogP contribution in [0.4, 0.5) is 0 Å². The van der Waals surface area contributed by atoms with Gasteiger partial charge in [-0.15, -0.1) is 0 Å². The monoisotopic (exact) mass is 267 g/mol. The van der Waals surface area contributed by atoms with Crippen molar-refractivity contribution in [2.24, 2.45) is 0 Å². The topological polar surface area (TPSA) is 0 Å². The van der Waals surface area contributed by atoms with Gasteiger partial charge in [0.2, 0.25) is 0 Å². The van der Waals surface area contributed by atoms with E-state index in [-0.39, 0.29) is 0 Å². The quantitative estimate of drug-likeness (QED) is 0.600. The highest BCUT2D eigenvalue weighted by Crippen LogP contribution is 2.18. The zero-order chi connectivity index (χ0) is 10.9. The summed E-state index contributed by atoms with van der Waals surface area (Å²) in [6.45, 7) is 2.26. The van der Waals surface area contributed by atoms with E-state index in [4.69, 9.17) is 0 Å². The third-order valence-corrected chi connectivity index (χ3v) is 3.41. The first-order chi connectivity index (χ1) is 7.34. The molecule has 0 spiro atoms. The molecule has 83 valence electrons. The van der Waals surface area contributed by atoms with Gasteiger partial charge in [0.15, 0.2) is 0 Å². The number of benzene rings is 1. The molecule has 0 bridgehead atoms. The summed E-state index contributed by atoms with van der Waals surface area (Å²) in [5.41, 5.74) is 1.33. The van der Waals surface area contributed by atoms with Crippen LogP contribution in [0.2, 0.25) is 0 Å². The van der Waals surface area contributed by atoms with E-state index in [0.717, 1.165) is 6.42 Å². The van der Waals surface area contributed by atoms with Crippen molar-refractivity contribution >= 4 is 15.9 Å². The van der Waals surface area contributed by atoms with Crippen LogP contribution in [0.25, 0.3) is 0 Å². The van der Waals surface area contributed by atoms with Gasteiger partial charge in [0.05, 0.1) is 0 Å². The average Bonchev–Trinajstić information content (AvgIpc) is 2.25. The second-order valence-electron chi connectivity index (χ2n) is 4.01. The third kappa shape index (κ3) is 5.36. The SMILES string of the molecule is CCCCCCCCc1[c]cccc1Br. The number of rotatable bonds is 7. The van der Waals surface area contributed by atoms with Crippen LogP contribution in [0, 0.1) is 6.07 Å². The van der Waals surface area contributed by atoms with E-state index >= 15 is 0 Å². The predicted molar refractivity (Wildman–Crippen MR) is 70.1 cm³/mol. The second-order valence-corrected chi connectivity index (χ2v) is 4.87. The highest BCUT2D eigenvalue weighted by Gasteiger charge is 1.98. The molecule has 0 saturated heterocycles. The van der Waals surface area contributed by atoms with E-state index in [1.807, 2.05) is 12.1 Å².